The van der Waals surface area contributed by atoms with Gasteiger partial charge in [0.1, 0.15) is 16.7 Å². The molecule has 2 N–H and O–H groups in total. The second-order valence-corrected chi connectivity index (χ2v) is 7.47. The molecule has 0 aromatic carbocycles. The first-order chi connectivity index (χ1) is 9.13. The molecule has 0 aliphatic heterocycles. The van der Waals surface area contributed by atoms with E-state index in [-0.39, 0.29) is 0 Å². The molecule has 19 heavy (non-hydrogen) atoms. The molecule has 2 fully saturated rings. The lowest BCUT2D eigenvalue weighted by atomic mass is 9.91. The molecule has 0 spiro atoms. The number of nitrogens with two attached hydrogens (primary N) is 1. The lowest BCUT2D eigenvalue weighted by Crippen LogP contribution is -2.16. The summed E-state index contributed by atoms with van der Waals surface area (Å²) in [6.07, 6.45) is 7.83. The van der Waals surface area contributed by atoms with Crippen LogP contribution in [0.3, 0.4) is 0 Å². The third-order valence-electron chi connectivity index (χ3n) is 4.27. The number of thioether (sulfide) groups is 1. The Morgan fingerprint density at radius 2 is 1.95 bits per heavy atom. The van der Waals surface area contributed by atoms with Gasteiger partial charge in [0.05, 0.1) is 0 Å². The zero-order chi connectivity index (χ0) is 13.4. The van der Waals surface area contributed by atoms with Crippen LogP contribution in [0.25, 0.3) is 0 Å². The van der Waals surface area contributed by atoms with E-state index in [0.717, 1.165) is 22.3 Å². The second kappa shape index (κ2) is 5.31. The molecule has 2 unspecified atom stereocenters. The van der Waals surface area contributed by atoms with E-state index in [2.05, 4.69) is 18.8 Å². The predicted octanol–water partition coefficient (Wildman–Crippen LogP) is 3.92. The van der Waals surface area contributed by atoms with Gasteiger partial charge >= 0.3 is 0 Å². The van der Waals surface area contributed by atoms with Crippen LogP contribution >= 0.6 is 11.8 Å². The van der Waals surface area contributed by atoms with Crippen LogP contribution in [0.1, 0.15) is 62.8 Å². The van der Waals surface area contributed by atoms with Crippen LogP contribution in [0, 0.1) is 12.8 Å². The summed E-state index contributed by atoms with van der Waals surface area (Å²) in [5.41, 5.74) is 7.13. The Kier molecular flexibility index (Phi) is 3.70. The van der Waals surface area contributed by atoms with Gasteiger partial charge in [0, 0.05) is 16.7 Å². The summed E-state index contributed by atoms with van der Waals surface area (Å²) >= 11 is 1.94. The first kappa shape index (κ1) is 13.2. The van der Waals surface area contributed by atoms with Crippen molar-refractivity contribution in [2.75, 3.05) is 5.73 Å². The van der Waals surface area contributed by atoms with Crippen LogP contribution in [-0.2, 0) is 0 Å². The maximum absolute atomic E-state index is 6.05. The predicted molar refractivity (Wildman–Crippen MR) is 80.4 cm³/mol. The van der Waals surface area contributed by atoms with Gasteiger partial charge in [0.15, 0.2) is 0 Å². The highest BCUT2D eigenvalue weighted by molar-refractivity contribution is 7.99. The fraction of sp³-hybridized carbons (Fsp3) is 0.733. The molecule has 2 saturated carbocycles. The van der Waals surface area contributed by atoms with Crippen molar-refractivity contribution in [1.29, 1.82) is 0 Å². The molecule has 2 aliphatic carbocycles. The smallest absolute Gasteiger partial charge is 0.135 e. The molecule has 0 bridgehead atoms. The SMILES string of the molecule is Cc1c(N)nc(C2CC2)nc1SC1CCCC(C)C1. The molecule has 3 nitrogen and oxygen atoms in total. The van der Waals surface area contributed by atoms with Crippen LogP contribution in [0.4, 0.5) is 5.82 Å². The van der Waals surface area contributed by atoms with Crippen molar-refractivity contribution >= 4 is 17.6 Å². The minimum absolute atomic E-state index is 0.576. The summed E-state index contributed by atoms with van der Waals surface area (Å²) in [6.45, 7) is 4.42. The molecular weight excluding hydrogens is 254 g/mol. The topological polar surface area (TPSA) is 51.8 Å². The van der Waals surface area contributed by atoms with Gasteiger partial charge in [-0.05, 0) is 38.5 Å². The maximum atomic E-state index is 6.05. The Balaban J connectivity index is 1.78. The summed E-state index contributed by atoms with van der Waals surface area (Å²) in [5.74, 6) is 3.10. The third-order valence-corrected chi connectivity index (χ3v) is 5.65. The summed E-state index contributed by atoms with van der Waals surface area (Å²) in [4.78, 5) is 9.24. The highest BCUT2D eigenvalue weighted by Crippen LogP contribution is 2.41. The maximum Gasteiger partial charge on any atom is 0.135 e. The largest absolute Gasteiger partial charge is 0.383 e. The molecule has 1 heterocycles. The van der Waals surface area contributed by atoms with Crippen molar-refractivity contribution in [3.8, 4) is 0 Å². The standard InChI is InChI=1S/C15H23N3S/c1-9-4-3-5-12(8-9)19-15-10(2)13(16)17-14(18-15)11-6-7-11/h9,11-12H,3-8H2,1-2H3,(H2,16,17,18). The Bertz CT molecular complexity index is 471. The van der Waals surface area contributed by atoms with Gasteiger partial charge in [-0.15, -0.1) is 11.8 Å². The molecular formula is C15H23N3S. The average molecular weight is 277 g/mol. The fourth-order valence-electron chi connectivity index (χ4n) is 2.81. The van der Waals surface area contributed by atoms with Crippen LogP contribution in [0.15, 0.2) is 5.03 Å². The molecule has 0 radical (unpaired) electrons. The molecule has 1 aromatic rings. The Hall–Kier alpha value is -0.770. The van der Waals surface area contributed by atoms with Crippen molar-refractivity contribution in [2.24, 2.45) is 5.92 Å². The van der Waals surface area contributed by atoms with Gasteiger partial charge in [-0.2, -0.15) is 0 Å². The Labute approximate surface area is 119 Å². The fourth-order valence-corrected chi connectivity index (χ4v) is 4.26. The van der Waals surface area contributed by atoms with Gasteiger partial charge in [0.25, 0.3) is 0 Å². The molecule has 0 amide bonds. The normalized spacial score (nSPS) is 27.5. The van der Waals surface area contributed by atoms with E-state index in [4.69, 9.17) is 10.7 Å². The minimum atomic E-state index is 0.576. The van der Waals surface area contributed by atoms with Gasteiger partial charge in [0.2, 0.25) is 0 Å². The number of nitrogen functional groups attached to an aromatic ring is 1. The summed E-state index contributed by atoms with van der Waals surface area (Å²) in [7, 11) is 0. The lowest BCUT2D eigenvalue weighted by molar-refractivity contribution is 0.394. The quantitative estimate of drug-likeness (QED) is 0.851. The van der Waals surface area contributed by atoms with Crippen molar-refractivity contribution < 1.29 is 0 Å². The van der Waals surface area contributed by atoms with Crippen LogP contribution in [0.5, 0.6) is 0 Å². The number of anilines is 1. The summed E-state index contributed by atoms with van der Waals surface area (Å²) < 4.78 is 0. The molecule has 4 heteroatoms. The number of rotatable bonds is 3. The van der Waals surface area contributed by atoms with Crippen molar-refractivity contribution in [1.82, 2.24) is 9.97 Å². The van der Waals surface area contributed by atoms with Gasteiger partial charge in [-0.3, -0.25) is 0 Å². The molecule has 2 atom stereocenters. The number of hydrogen-bond acceptors (Lipinski definition) is 4. The zero-order valence-electron chi connectivity index (χ0n) is 11.9. The van der Waals surface area contributed by atoms with Gasteiger partial charge in [-0.25, -0.2) is 9.97 Å². The van der Waals surface area contributed by atoms with Crippen molar-refractivity contribution in [3.05, 3.63) is 11.4 Å². The second-order valence-electron chi connectivity index (χ2n) is 6.18. The first-order valence-electron chi connectivity index (χ1n) is 7.44. The van der Waals surface area contributed by atoms with E-state index in [9.17, 15) is 0 Å². The van der Waals surface area contributed by atoms with Crippen LogP contribution in [0.2, 0.25) is 0 Å². The average Bonchev–Trinajstić information content (AvgIpc) is 3.19. The van der Waals surface area contributed by atoms with E-state index in [1.165, 1.54) is 38.5 Å². The number of aromatic nitrogens is 2. The van der Waals surface area contributed by atoms with Crippen LogP contribution < -0.4 is 5.73 Å². The lowest BCUT2D eigenvalue weighted by Gasteiger charge is -2.26. The highest BCUT2D eigenvalue weighted by Gasteiger charge is 2.29. The van der Waals surface area contributed by atoms with E-state index >= 15 is 0 Å². The monoisotopic (exact) mass is 277 g/mol. The first-order valence-corrected chi connectivity index (χ1v) is 8.32. The zero-order valence-corrected chi connectivity index (χ0v) is 12.7. The van der Waals surface area contributed by atoms with Gasteiger partial charge in [-0.1, -0.05) is 19.8 Å². The van der Waals surface area contributed by atoms with Crippen molar-refractivity contribution in [3.63, 3.8) is 0 Å². The molecule has 0 saturated heterocycles. The summed E-state index contributed by atoms with van der Waals surface area (Å²) in [6, 6.07) is 0. The highest BCUT2D eigenvalue weighted by atomic mass is 32.2. The van der Waals surface area contributed by atoms with Gasteiger partial charge < -0.3 is 5.73 Å². The third kappa shape index (κ3) is 3.04. The molecule has 3 rings (SSSR count). The molecule has 1 aromatic heterocycles. The van der Waals surface area contributed by atoms with Crippen molar-refractivity contribution in [2.45, 2.75) is 68.6 Å². The van der Waals surface area contributed by atoms with E-state index in [1.54, 1.807) is 0 Å². The van der Waals surface area contributed by atoms with Crippen LogP contribution in [-0.4, -0.2) is 15.2 Å². The van der Waals surface area contributed by atoms with E-state index in [1.807, 2.05) is 11.8 Å². The minimum Gasteiger partial charge on any atom is -0.383 e. The van der Waals surface area contributed by atoms with E-state index < -0.39 is 0 Å². The number of nitrogens with zero attached hydrogens (tertiary/aromatic N) is 2. The Morgan fingerprint density at radius 1 is 1.16 bits per heavy atom. The Morgan fingerprint density at radius 3 is 2.63 bits per heavy atom. The van der Waals surface area contributed by atoms with E-state index in [0.29, 0.717) is 17.0 Å². The summed E-state index contributed by atoms with van der Waals surface area (Å²) in [5, 5.41) is 1.84. The molecule has 2 aliphatic rings. The molecule has 104 valence electrons. The number of hydrogen-bond donors (Lipinski definition) is 1.